The average Bonchev–Trinajstić information content (AvgIpc) is 2.30. The van der Waals surface area contributed by atoms with Crippen molar-refractivity contribution in [1.82, 2.24) is 9.80 Å². The van der Waals surface area contributed by atoms with Crippen molar-refractivity contribution in [3.05, 3.63) is 35.1 Å². The van der Waals surface area contributed by atoms with Crippen molar-refractivity contribution < 1.29 is 4.39 Å². The van der Waals surface area contributed by atoms with E-state index in [2.05, 4.69) is 30.9 Å². The molecule has 5 heteroatoms. The SMILES string of the molecule is CN(C)CCCN(C)Cc1ccc(F)c(C(N)=S)c1. The minimum absolute atomic E-state index is 0.106. The lowest BCUT2D eigenvalue weighted by Crippen LogP contribution is -2.23. The highest BCUT2D eigenvalue weighted by Crippen LogP contribution is 2.12. The summed E-state index contributed by atoms with van der Waals surface area (Å²) in [5, 5.41) is 0. The molecule has 0 aliphatic carbocycles. The van der Waals surface area contributed by atoms with Crippen molar-refractivity contribution in [2.75, 3.05) is 34.2 Å². The van der Waals surface area contributed by atoms with E-state index in [1.54, 1.807) is 12.1 Å². The molecular formula is C14H22FN3S. The Balaban J connectivity index is 2.57. The third-order valence-corrected chi connectivity index (χ3v) is 3.11. The molecule has 0 saturated carbocycles. The van der Waals surface area contributed by atoms with Crippen LogP contribution in [0, 0.1) is 5.82 Å². The van der Waals surface area contributed by atoms with E-state index >= 15 is 0 Å². The van der Waals surface area contributed by atoms with E-state index in [-0.39, 0.29) is 10.8 Å². The first-order chi connectivity index (χ1) is 8.90. The Morgan fingerprint density at radius 2 is 1.95 bits per heavy atom. The van der Waals surface area contributed by atoms with Gasteiger partial charge in [-0.05, 0) is 58.3 Å². The number of nitrogens with zero attached hydrogens (tertiary/aromatic N) is 2. The van der Waals surface area contributed by atoms with Gasteiger partial charge in [0.05, 0.1) is 0 Å². The summed E-state index contributed by atoms with van der Waals surface area (Å²) in [7, 11) is 6.18. The van der Waals surface area contributed by atoms with Crippen molar-refractivity contribution >= 4 is 17.2 Å². The molecule has 0 atom stereocenters. The predicted octanol–water partition coefficient (Wildman–Crippen LogP) is 1.84. The van der Waals surface area contributed by atoms with Crippen LogP contribution < -0.4 is 5.73 Å². The largest absolute Gasteiger partial charge is 0.389 e. The van der Waals surface area contributed by atoms with E-state index in [9.17, 15) is 4.39 Å². The number of hydrogen-bond donors (Lipinski definition) is 1. The fourth-order valence-corrected chi connectivity index (χ4v) is 2.06. The summed E-state index contributed by atoms with van der Waals surface area (Å²) in [6.07, 6.45) is 1.10. The Morgan fingerprint density at radius 1 is 1.26 bits per heavy atom. The van der Waals surface area contributed by atoms with Crippen LogP contribution in [-0.4, -0.2) is 49.0 Å². The van der Waals surface area contributed by atoms with Crippen LogP contribution in [0.15, 0.2) is 18.2 Å². The molecule has 0 unspecified atom stereocenters. The van der Waals surface area contributed by atoms with Gasteiger partial charge < -0.3 is 15.5 Å². The van der Waals surface area contributed by atoms with Gasteiger partial charge in [0.15, 0.2) is 0 Å². The number of rotatable bonds is 7. The van der Waals surface area contributed by atoms with Crippen LogP contribution in [0.3, 0.4) is 0 Å². The van der Waals surface area contributed by atoms with E-state index in [0.717, 1.165) is 31.6 Å². The topological polar surface area (TPSA) is 32.5 Å². The maximum Gasteiger partial charge on any atom is 0.133 e. The number of nitrogens with two attached hydrogens (primary N) is 1. The van der Waals surface area contributed by atoms with Crippen molar-refractivity contribution in [2.45, 2.75) is 13.0 Å². The third-order valence-electron chi connectivity index (χ3n) is 2.89. The number of halogens is 1. The lowest BCUT2D eigenvalue weighted by molar-refractivity contribution is 0.294. The molecule has 0 spiro atoms. The predicted molar refractivity (Wildman–Crippen MR) is 81.8 cm³/mol. The molecule has 19 heavy (non-hydrogen) atoms. The van der Waals surface area contributed by atoms with Gasteiger partial charge in [0.1, 0.15) is 10.8 Å². The van der Waals surface area contributed by atoms with E-state index in [4.69, 9.17) is 18.0 Å². The molecule has 0 amide bonds. The summed E-state index contributed by atoms with van der Waals surface area (Å²) in [6.45, 7) is 2.83. The zero-order chi connectivity index (χ0) is 14.4. The lowest BCUT2D eigenvalue weighted by Gasteiger charge is -2.18. The summed E-state index contributed by atoms with van der Waals surface area (Å²) in [6, 6.07) is 4.94. The minimum atomic E-state index is -0.355. The smallest absolute Gasteiger partial charge is 0.133 e. The number of thiocarbonyl (C=S) groups is 1. The van der Waals surface area contributed by atoms with Crippen molar-refractivity contribution in [3.8, 4) is 0 Å². The fraction of sp³-hybridized carbons (Fsp3) is 0.500. The first-order valence-corrected chi connectivity index (χ1v) is 6.72. The van der Waals surface area contributed by atoms with Crippen LogP contribution in [0.5, 0.6) is 0 Å². The van der Waals surface area contributed by atoms with Crippen molar-refractivity contribution in [2.24, 2.45) is 5.73 Å². The molecule has 0 bridgehead atoms. The number of benzene rings is 1. The highest BCUT2D eigenvalue weighted by molar-refractivity contribution is 7.80. The maximum absolute atomic E-state index is 13.5. The second-order valence-electron chi connectivity index (χ2n) is 5.07. The average molecular weight is 283 g/mol. The van der Waals surface area contributed by atoms with Crippen LogP contribution >= 0.6 is 12.2 Å². The van der Waals surface area contributed by atoms with Gasteiger partial charge in [0.25, 0.3) is 0 Å². The molecule has 3 nitrogen and oxygen atoms in total. The summed E-state index contributed by atoms with van der Waals surface area (Å²) in [5.74, 6) is -0.355. The van der Waals surface area contributed by atoms with Gasteiger partial charge in [-0.2, -0.15) is 0 Å². The van der Waals surface area contributed by atoms with Gasteiger partial charge in [-0.3, -0.25) is 0 Å². The monoisotopic (exact) mass is 283 g/mol. The molecule has 0 fully saturated rings. The molecule has 0 heterocycles. The first kappa shape index (κ1) is 16.0. The van der Waals surface area contributed by atoms with E-state index < -0.39 is 0 Å². The Kier molecular flexibility index (Phi) is 6.34. The minimum Gasteiger partial charge on any atom is -0.389 e. The van der Waals surface area contributed by atoms with Gasteiger partial charge in [-0.25, -0.2) is 4.39 Å². The summed E-state index contributed by atoms with van der Waals surface area (Å²) < 4.78 is 13.5. The Morgan fingerprint density at radius 3 is 2.53 bits per heavy atom. The highest BCUT2D eigenvalue weighted by Gasteiger charge is 2.07. The van der Waals surface area contributed by atoms with E-state index in [0.29, 0.717) is 5.56 Å². The van der Waals surface area contributed by atoms with Gasteiger partial charge in [-0.15, -0.1) is 0 Å². The Bertz CT molecular complexity index is 435. The normalized spacial score (nSPS) is 11.3. The molecule has 0 saturated heterocycles. The van der Waals surface area contributed by atoms with Crippen LogP contribution in [0.2, 0.25) is 0 Å². The molecule has 1 rings (SSSR count). The van der Waals surface area contributed by atoms with E-state index in [1.807, 2.05) is 0 Å². The lowest BCUT2D eigenvalue weighted by atomic mass is 10.1. The van der Waals surface area contributed by atoms with Crippen LogP contribution in [0.4, 0.5) is 4.39 Å². The van der Waals surface area contributed by atoms with Gasteiger partial charge in [-0.1, -0.05) is 18.3 Å². The van der Waals surface area contributed by atoms with E-state index in [1.165, 1.54) is 6.07 Å². The molecular weight excluding hydrogens is 261 g/mol. The molecule has 106 valence electrons. The van der Waals surface area contributed by atoms with Crippen LogP contribution in [0.1, 0.15) is 17.5 Å². The summed E-state index contributed by atoms with van der Waals surface area (Å²) in [4.78, 5) is 4.48. The standard InChI is InChI=1S/C14H22FN3S/c1-17(2)7-4-8-18(3)10-11-5-6-13(15)12(9-11)14(16)19/h5-6,9H,4,7-8,10H2,1-3H3,(H2,16,19). The van der Waals surface area contributed by atoms with Gasteiger partial charge in [0.2, 0.25) is 0 Å². The molecule has 0 radical (unpaired) electrons. The van der Waals surface area contributed by atoms with Crippen molar-refractivity contribution in [1.29, 1.82) is 0 Å². The fourth-order valence-electron chi connectivity index (χ4n) is 1.91. The quantitative estimate of drug-likeness (QED) is 0.774. The maximum atomic E-state index is 13.5. The summed E-state index contributed by atoms with van der Waals surface area (Å²) >= 11 is 4.84. The molecule has 1 aromatic carbocycles. The zero-order valence-corrected chi connectivity index (χ0v) is 12.6. The zero-order valence-electron chi connectivity index (χ0n) is 11.8. The second kappa shape index (κ2) is 7.53. The molecule has 1 aromatic rings. The highest BCUT2D eigenvalue weighted by atomic mass is 32.1. The van der Waals surface area contributed by atoms with Crippen LogP contribution in [-0.2, 0) is 6.54 Å². The van der Waals surface area contributed by atoms with Crippen molar-refractivity contribution in [3.63, 3.8) is 0 Å². The van der Waals surface area contributed by atoms with Gasteiger partial charge >= 0.3 is 0 Å². The van der Waals surface area contributed by atoms with Crippen LogP contribution in [0.25, 0.3) is 0 Å². The molecule has 2 N–H and O–H groups in total. The Hall–Kier alpha value is -1.04. The first-order valence-electron chi connectivity index (χ1n) is 6.31. The summed E-state index contributed by atoms with van der Waals surface area (Å²) in [5.41, 5.74) is 6.85. The Labute approximate surface area is 120 Å². The molecule has 0 aromatic heterocycles. The second-order valence-corrected chi connectivity index (χ2v) is 5.51. The third kappa shape index (κ3) is 5.63. The molecule has 0 aliphatic heterocycles. The number of hydrogen-bond acceptors (Lipinski definition) is 3. The molecule has 0 aliphatic rings. The van der Waals surface area contributed by atoms with Gasteiger partial charge in [0, 0.05) is 12.1 Å².